The molecular weight excluding hydrogens is 288 g/mol. The molecule has 2 aromatic heterocycles. The first kappa shape index (κ1) is 15.8. The highest BCUT2D eigenvalue weighted by atomic mass is 16.6. The molecule has 2 aromatic rings. The standard InChI is InChI=1S/C15H18N2O5/c1-15(2,3)22-13(18)8-17-10(14(19)20)5-9-6-12(21-4)16-7-11(9)17/h5-7H,8H2,1-4H3,(H,19,20). The maximum absolute atomic E-state index is 12.0. The maximum atomic E-state index is 12.0. The van der Waals surface area contributed by atoms with Crippen LogP contribution < -0.4 is 4.74 Å². The average Bonchev–Trinajstić information content (AvgIpc) is 2.74. The number of methoxy groups -OCH3 is 1. The number of pyridine rings is 1. The van der Waals surface area contributed by atoms with Crippen LogP contribution in [-0.2, 0) is 16.1 Å². The molecule has 22 heavy (non-hydrogen) atoms. The highest BCUT2D eigenvalue weighted by molar-refractivity contribution is 5.95. The first-order chi connectivity index (χ1) is 10.2. The van der Waals surface area contributed by atoms with Crippen molar-refractivity contribution >= 4 is 22.8 Å². The van der Waals surface area contributed by atoms with Gasteiger partial charge >= 0.3 is 11.9 Å². The lowest BCUT2D eigenvalue weighted by atomic mass is 10.2. The van der Waals surface area contributed by atoms with Gasteiger partial charge in [0.25, 0.3) is 0 Å². The molecule has 0 radical (unpaired) electrons. The van der Waals surface area contributed by atoms with Crippen LogP contribution in [0.4, 0.5) is 0 Å². The first-order valence-electron chi connectivity index (χ1n) is 6.69. The van der Waals surface area contributed by atoms with Crippen LogP contribution >= 0.6 is 0 Å². The fraction of sp³-hybridized carbons (Fsp3) is 0.400. The fourth-order valence-electron chi connectivity index (χ4n) is 2.10. The molecule has 0 bridgehead atoms. The van der Waals surface area contributed by atoms with Crippen molar-refractivity contribution in [2.75, 3.05) is 7.11 Å². The Morgan fingerprint density at radius 2 is 2.00 bits per heavy atom. The maximum Gasteiger partial charge on any atom is 0.352 e. The van der Waals surface area contributed by atoms with Crippen LogP contribution in [0.3, 0.4) is 0 Å². The summed E-state index contributed by atoms with van der Waals surface area (Å²) in [6.45, 7) is 5.06. The number of hydrogen-bond acceptors (Lipinski definition) is 5. The highest BCUT2D eigenvalue weighted by Crippen LogP contribution is 2.23. The topological polar surface area (TPSA) is 90.7 Å². The van der Waals surface area contributed by atoms with E-state index in [1.807, 2.05) is 0 Å². The summed E-state index contributed by atoms with van der Waals surface area (Å²) in [5, 5.41) is 9.95. The minimum absolute atomic E-state index is 0.00378. The predicted molar refractivity (Wildman–Crippen MR) is 79.1 cm³/mol. The summed E-state index contributed by atoms with van der Waals surface area (Å²) in [4.78, 5) is 27.4. The van der Waals surface area contributed by atoms with Crippen molar-refractivity contribution in [3.8, 4) is 5.88 Å². The number of fused-ring (bicyclic) bond motifs is 1. The molecule has 0 fully saturated rings. The van der Waals surface area contributed by atoms with Crippen molar-refractivity contribution in [2.24, 2.45) is 0 Å². The Morgan fingerprint density at radius 3 is 2.55 bits per heavy atom. The minimum atomic E-state index is -1.13. The number of nitrogens with zero attached hydrogens (tertiary/aromatic N) is 2. The quantitative estimate of drug-likeness (QED) is 0.870. The number of hydrogen-bond donors (Lipinski definition) is 1. The number of aromatic carboxylic acids is 1. The third-order valence-corrected chi connectivity index (χ3v) is 2.90. The number of carboxylic acids is 1. The molecule has 0 aromatic carbocycles. The number of carboxylic acid groups (broad SMARTS) is 1. The molecule has 0 unspecified atom stereocenters. The van der Waals surface area contributed by atoms with Crippen molar-refractivity contribution in [1.82, 2.24) is 9.55 Å². The molecule has 2 heterocycles. The second-order valence-electron chi connectivity index (χ2n) is 5.79. The van der Waals surface area contributed by atoms with E-state index >= 15 is 0 Å². The van der Waals surface area contributed by atoms with Gasteiger partial charge in [-0.15, -0.1) is 0 Å². The zero-order valence-corrected chi connectivity index (χ0v) is 12.9. The third-order valence-electron chi connectivity index (χ3n) is 2.90. The minimum Gasteiger partial charge on any atom is -0.481 e. The van der Waals surface area contributed by atoms with Crippen molar-refractivity contribution in [2.45, 2.75) is 32.9 Å². The Morgan fingerprint density at radius 1 is 1.32 bits per heavy atom. The van der Waals surface area contributed by atoms with Crippen LogP contribution in [-0.4, -0.2) is 39.3 Å². The molecule has 0 amide bonds. The van der Waals surface area contributed by atoms with Gasteiger partial charge in [-0.3, -0.25) is 4.79 Å². The van der Waals surface area contributed by atoms with Crippen molar-refractivity contribution in [1.29, 1.82) is 0 Å². The summed E-state index contributed by atoms with van der Waals surface area (Å²) < 4.78 is 11.6. The van der Waals surface area contributed by atoms with Gasteiger partial charge < -0.3 is 19.1 Å². The fourth-order valence-corrected chi connectivity index (χ4v) is 2.10. The average molecular weight is 306 g/mol. The SMILES string of the molecule is COc1cc2cc(C(=O)O)n(CC(=O)OC(C)(C)C)c2cn1. The lowest BCUT2D eigenvalue weighted by molar-refractivity contribution is -0.155. The molecule has 2 rings (SSSR count). The third kappa shape index (κ3) is 3.36. The van der Waals surface area contributed by atoms with Gasteiger partial charge in [-0.1, -0.05) is 0 Å². The second-order valence-corrected chi connectivity index (χ2v) is 5.79. The van der Waals surface area contributed by atoms with E-state index in [9.17, 15) is 14.7 Å². The normalized spacial score (nSPS) is 11.5. The highest BCUT2D eigenvalue weighted by Gasteiger charge is 2.21. The van der Waals surface area contributed by atoms with Gasteiger partial charge in [-0.25, -0.2) is 9.78 Å². The summed E-state index contributed by atoms with van der Waals surface area (Å²) in [6, 6.07) is 3.10. The summed E-state index contributed by atoms with van der Waals surface area (Å²) >= 11 is 0. The molecule has 7 nitrogen and oxygen atoms in total. The number of esters is 1. The Balaban J connectivity index is 2.44. The van der Waals surface area contributed by atoms with E-state index in [2.05, 4.69) is 4.98 Å². The van der Waals surface area contributed by atoms with E-state index in [4.69, 9.17) is 9.47 Å². The number of carbonyl (C=O) groups excluding carboxylic acids is 1. The summed E-state index contributed by atoms with van der Waals surface area (Å²) in [7, 11) is 1.48. The number of aromatic nitrogens is 2. The van der Waals surface area contributed by atoms with Gasteiger partial charge in [0, 0.05) is 11.5 Å². The molecule has 0 aliphatic heterocycles. The van der Waals surface area contributed by atoms with Crippen molar-refractivity contribution < 1.29 is 24.2 Å². The van der Waals surface area contributed by atoms with Gasteiger partial charge in [0.05, 0.1) is 18.8 Å². The number of rotatable bonds is 4. The molecule has 0 saturated carbocycles. The summed E-state index contributed by atoms with van der Waals surface area (Å²) in [6.07, 6.45) is 1.48. The van der Waals surface area contributed by atoms with Crippen LogP contribution in [0.1, 0.15) is 31.3 Å². The zero-order chi connectivity index (χ0) is 16.5. The summed E-state index contributed by atoms with van der Waals surface area (Å²) in [5.41, 5.74) is -0.106. The lowest BCUT2D eigenvalue weighted by Crippen LogP contribution is -2.27. The number of ether oxygens (including phenoxy) is 2. The van der Waals surface area contributed by atoms with Crippen molar-refractivity contribution in [3.05, 3.63) is 24.0 Å². The van der Waals surface area contributed by atoms with Crippen molar-refractivity contribution in [3.63, 3.8) is 0 Å². The van der Waals surface area contributed by atoms with E-state index < -0.39 is 17.5 Å². The second kappa shape index (κ2) is 5.67. The smallest absolute Gasteiger partial charge is 0.352 e. The van der Waals surface area contributed by atoms with Gasteiger partial charge in [-0.2, -0.15) is 0 Å². The zero-order valence-electron chi connectivity index (χ0n) is 12.9. The Labute approximate surface area is 127 Å². The molecule has 7 heteroatoms. The largest absolute Gasteiger partial charge is 0.481 e. The Kier molecular flexibility index (Phi) is 4.07. The molecule has 118 valence electrons. The molecule has 0 atom stereocenters. The van der Waals surface area contributed by atoms with E-state index in [1.165, 1.54) is 23.9 Å². The van der Waals surface area contributed by atoms with Gasteiger partial charge in [-0.05, 0) is 26.8 Å². The lowest BCUT2D eigenvalue weighted by Gasteiger charge is -2.20. The van der Waals surface area contributed by atoms with Crippen LogP contribution in [0.15, 0.2) is 18.3 Å². The van der Waals surface area contributed by atoms with Gasteiger partial charge in [0.15, 0.2) is 0 Å². The molecule has 0 spiro atoms. The van der Waals surface area contributed by atoms with Gasteiger partial charge in [0.1, 0.15) is 17.8 Å². The molecular formula is C15H18N2O5. The van der Waals surface area contributed by atoms with Crippen LogP contribution in [0, 0.1) is 0 Å². The first-order valence-corrected chi connectivity index (χ1v) is 6.69. The predicted octanol–water partition coefficient (Wildman–Crippen LogP) is 2.08. The van der Waals surface area contributed by atoms with E-state index in [1.54, 1.807) is 26.8 Å². The molecule has 1 N–H and O–H groups in total. The summed E-state index contributed by atoms with van der Waals surface area (Å²) in [5.74, 6) is -1.26. The van der Waals surface area contributed by atoms with E-state index in [0.29, 0.717) is 16.8 Å². The monoisotopic (exact) mass is 306 g/mol. The molecule has 0 saturated heterocycles. The van der Waals surface area contributed by atoms with Gasteiger partial charge in [0.2, 0.25) is 5.88 Å². The van der Waals surface area contributed by atoms with Crippen LogP contribution in [0.25, 0.3) is 10.9 Å². The number of carbonyl (C=O) groups is 2. The Hall–Kier alpha value is -2.57. The molecule has 0 aliphatic carbocycles. The van der Waals surface area contributed by atoms with E-state index in [0.717, 1.165) is 0 Å². The van der Waals surface area contributed by atoms with Crippen LogP contribution in [0.2, 0.25) is 0 Å². The molecule has 0 aliphatic rings. The Bertz CT molecular complexity index is 727. The van der Waals surface area contributed by atoms with E-state index in [-0.39, 0.29) is 12.2 Å². The van der Waals surface area contributed by atoms with Crippen LogP contribution in [0.5, 0.6) is 5.88 Å².